The normalized spacial score (nSPS) is 21.0. The van der Waals surface area contributed by atoms with Gasteiger partial charge in [0.2, 0.25) is 5.91 Å². The van der Waals surface area contributed by atoms with Gasteiger partial charge in [0, 0.05) is 57.1 Å². The number of amides is 1. The fourth-order valence-corrected chi connectivity index (χ4v) is 5.69. The van der Waals surface area contributed by atoms with Crippen molar-refractivity contribution in [2.24, 2.45) is 0 Å². The van der Waals surface area contributed by atoms with Crippen molar-refractivity contribution in [1.82, 2.24) is 24.5 Å². The van der Waals surface area contributed by atoms with E-state index in [2.05, 4.69) is 64.1 Å². The summed E-state index contributed by atoms with van der Waals surface area (Å²) in [6.45, 7) is 10.4. The third-order valence-electron chi connectivity index (χ3n) is 8.12. The van der Waals surface area contributed by atoms with Crippen LogP contribution in [0.2, 0.25) is 0 Å². The molecule has 2 fully saturated rings. The number of hydrogen-bond acceptors (Lipinski definition) is 4. The fourth-order valence-electron chi connectivity index (χ4n) is 5.69. The highest BCUT2D eigenvalue weighted by molar-refractivity contribution is 5.78. The first-order valence-corrected chi connectivity index (χ1v) is 13.1. The van der Waals surface area contributed by atoms with Gasteiger partial charge in [-0.3, -0.25) is 14.6 Å². The van der Waals surface area contributed by atoms with E-state index in [-0.39, 0.29) is 0 Å². The zero-order valence-corrected chi connectivity index (χ0v) is 20.9. The lowest BCUT2D eigenvalue weighted by atomic mass is 9.94. The second kappa shape index (κ2) is 10.4. The molecule has 0 N–H and O–H groups in total. The third-order valence-corrected chi connectivity index (χ3v) is 8.12. The predicted molar refractivity (Wildman–Crippen MR) is 137 cm³/mol. The quantitative estimate of drug-likeness (QED) is 0.674. The highest BCUT2D eigenvalue weighted by Gasteiger charge is 2.28. The van der Waals surface area contributed by atoms with Gasteiger partial charge in [0.1, 0.15) is 0 Å². The van der Waals surface area contributed by atoms with Gasteiger partial charge in [0.05, 0.1) is 18.4 Å². The lowest BCUT2D eigenvalue weighted by Crippen LogP contribution is -2.54. The zero-order chi connectivity index (χ0) is 23.5. The number of piperazine rings is 1. The van der Waals surface area contributed by atoms with Crippen molar-refractivity contribution < 1.29 is 4.79 Å². The Morgan fingerprint density at radius 1 is 1.00 bits per heavy atom. The largest absolute Gasteiger partial charge is 0.339 e. The number of rotatable bonds is 5. The lowest BCUT2D eigenvalue weighted by molar-refractivity contribution is -0.134. The van der Waals surface area contributed by atoms with E-state index in [0.717, 1.165) is 57.4 Å². The fraction of sp³-hybridized carbons (Fsp3) is 0.571. The standard InChI is InChI=1S/C28H39N5O/c1-22-8-9-27(18-23(22)2)33-20-25(19-29-33)24-10-12-30(13-11-24)21-28(34)32-16-14-31(15-17-32)26-6-4-3-5-7-26/h8-10,18-20,26H,3-7,11-17,21H2,1-2H3. The molecule has 0 unspecified atom stereocenters. The van der Waals surface area contributed by atoms with Crippen molar-refractivity contribution in [1.29, 1.82) is 0 Å². The second-order valence-electron chi connectivity index (χ2n) is 10.4. The zero-order valence-electron chi connectivity index (χ0n) is 20.9. The topological polar surface area (TPSA) is 44.6 Å². The number of carbonyl (C=O) groups is 1. The summed E-state index contributed by atoms with van der Waals surface area (Å²) in [5, 5.41) is 4.60. The van der Waals surface area contributed by atoms with Crippen molar-refractivity contribution in [2.45, 2.75) is 58.4 Å². The van der Waals surface area contributed by atoms with Crippen LogP contribution in [0.25, 0.3) is 11.3 Å². The van der Waals surface area contributed by atoms with Gasteiger partial charge in [-0.15, -0.1) is 0 Å². The molecular formula is C28H39N5O. The van der Waals surface area contributed by atoms with E-state index in [1.54, 1.807) is 0 Å². The summed E-state index contributed by atoms with van der Waals surface area (Å²) >= 11 is 0. The average molecular weight is 462 g/mol. The van der Waals surface area contributed by atoms with Crippen molar-refractivity contribution in [3.63, 3.8) is 0 Å². The first-order valence-electron chi connectivity index (χ1n) is 13.1. The van der Waals surface area contributed by atoms with Crippen LogP contribution in [0.4, 0.5) is 0 Å². The van der Waals surface area contributed by atoms with Gasteiger partial charge in [-0.1, -0.05) is 31.4 Å². The summed E-state index contributed by atoms with van der Waals surface area (Å²) in [5.41, 5.74) is 6.19. The molecule has 182 valence electrons. The Morgan fingerprint density at radius 3 is 2.50 bits per heavy atom. The monoisotopic (exact) mass is 461 g/mol. The van der Waals surface area contributed by atoms with E-state index >= 15 is 0 Å². The van der Waals surface area contributed by atoms with Crippen LogP contribution in [0.1, 0.15) is 55.2 Å². The lowest BCUT2D eigenvalue weighted by Gasteiger charge is -2.41. The molecular weight excluding hydrogens is 422 g/mol. The number of aromatic nitrogens is 2. The number of carbonyl (C=O) groups excluding carboxylic acids is 1. The Morgan fingerprint density at radius 2 is 1.79 bits per heavy atom. The van der Waals surface area contributed by atoms with Gasteiger partial charge in [0.25, 0.3) is 0 Å². The third kappa shape index (κ3) is 5.28. The summed E-state index contributed by atoms with van der Waals surface area (Å²) in [5.74, 6) is 0.294. The van der Waals surface area contributed by atoms with E-state index < -0.39 is 0 Å². The Bertz CT molecular complexity index is 1030. The number of aryl methyl sites for hydroxylation is 2. The Hall–Kier alpha value is -2.44. The molecule has 0 spiro atoms. The number of nitrogens with zero attached hydrogens (tertiary/aromatic N) is 5. The van der Waals surface area contributed by atoms with Crippen LogP contribution >= 0.6 is 0 Å². The maximum Gasteiger partial charge on any atom is 0.236 e. The van der Waals surface area contributed by atoms with Gasteiger partial charge in [-0.25, -0.2) is 4.68 Å². The van der Waals surface area contributed by atoms with Crippen LogP contribution in [0.5, 0.6) is 0 Å². The number of benzene rings is 1. The first kappa shape index (κ1) is 23.3. The van der Waals surface area contributed by atoms with E-state index in [1.807, 2.05) is 10.9 Å². The molecule has 34 heavy (non-hydrogen) atoms. The molecule has 1 saturated carbocycles. The highest BCUT2D eigenvalue weighted by Crippen LogP contribution is 2.25. The summed E-state index contributed by atoms with van der Waals surface area (Å²) in [4.78, 5) is 20.0. The van der Waals surface area contributed by atoms with E-state index in [1.165, 1.54) is 54.4 Å². The van der Waals surface area contributed by atoms with Gasteiger partial charge in [0.15, 0.2) is 0 Å². The highest BCUT2D eigenvalue weighted by atomic mass is 16.2. The van der Waals surface area contributed by atoms with E-state index in [0.29, 0.717) is 12.5 Å². The smallest absolute Gasteiger partial charge is 0.236 e. The van der Waals surface area contributed by atoms with Crippen LogP contribution < -0.4 is 0 Å². The molecule has 0 atom stereocenters. The molecule has 0 radical (unpaired) electrons. The molecule has 1 saturated heterocycles. The molecule has 0 bridgehead atoms. The predicted octanol–water partition coefficient (Wildman–Crippen LogP) is 4.06. The Kier molecular flexibility index (Phi) is 7.16. The van der Waals surface area contributed by atoms with Crippen LogP contribution in [0, 0.1) is 13.8 Å². The van der Waals surface area contributed by atoms with Crippen LogP contribution in [-0.4, -0.2) is 82.2 Å². The summed E-state index contributed by atoms with van der Waals surface area (Å²) in [6, 6.07) is 7.22. The van der Waals surface area contributed by atoms with E-state index in [4.69, 9.17) is 0 Å². The Labute approximate surface area is 204 Å². The molecule has 3 aliphatic rings. The maximum absolute atomic E-state index is 12.9. The minimum absolute atomic E-state index is 0.294. The molecule has 1 aromatic heterocycles. The molecule has 2 aromatic rings. The Balaban J connectivity index is 1.11. The van der Waals surface area contributed by atoms with Gasteiger partial charge < -0.3 is 4.90 Å². The van der Waals surface area contributed by atoms with Crippen molar-refractivity contribution in [2.75, 3.05) is 45.8 Å². The molecule has 1 aromatic carbocycles. The van der Waals surface area contributed by atoms with Crippen molar-refractivity contribution in [3.05, 3.63) is 53.4 Å². The molecule has 1 amide bonds. The minimum atomic E-state index is 0.294. The van der Waals surface area contributed by atoms with E-state index in [9.17, 15) is 4.79 Å². The summed E-state index contributed by atoms with van der Waals surface area (Å²) in [7, 11) is 0. The molecule has 6 heteroatoms. The maximum atomic E-state index is 12.9. The molecule has 6 nitrogen and oxygen atoms in total. The summed E-state index contributed by atoms with van der Waals surface area (Å²) in [6.07, 6.45) is 14.2. The first-order chi connectivity index (χ1) is 16.6. The van der Waals surface area contributed by atoms with Gasteiger partial charge in [-0.2, -0.15) is 5.10 Å². The number of hydrogen-bond donors (Lipinski definition) is 0. The molecule has 5 rings (SSSR count). The van der Waals surface area contributed by atoms with Crippen molar-refractivity contribution in [3.8, 4) is 5.69 Å². The van der Waals surface area contributed by atoms with Gasteiger partial charge >= 0.3 is 0 Å². The van der Waals surface area contributed by atoms with Crippen LogP contribution in [0.15, 0.2) is 36.7 Å². The van der Waals surface area contributed by atoms with Gasteiger partial charge in [-0.05, 0) is 61.9 Å². The molecule has 3 heterocycles. The molecule has 2 aliphatic heterocycles. The van der Waals surface area contributed by atoms with Crippen LogP contribution in [-0.2, 0) is 4.79 Å². The van der Waals surface area contributed by atoms with Crippen LogP contribution in [0.3, 0.4) is 0 Å². The summed E-state index contributed by atoms with van der Waals surface area (Å²) < 4.78 is 1.96. The molecule has 1 aliphatic carbocycles. The van der Waals surface area contributed by atoms with Crippen molar-refractivity contribution >= 4 is 11.5 Å². The second-order valence-corrected chi connectivity index (χ2v) is 10.4. The SMILES string of the molecule is Cc1ccc(-n2cc(C3=CCN(CC(=O)N4CCN(C5CCCCC5)CC4)CC3)cn2)cc1C. The minimum Gasteiger partial charge on any atom is -0.339 e. The average Bonchev–Trinajstić information content (AvgIpc) is 3.37.